The van der Waals surface area contributed by atoms with Crippen molar-refractivity contribution in [3.63, 3.8) is 0 Å². The molecule has 0 saturated carbocycles. The average Bonchev–Trinajstić information content (AvgIpc) is 3.16. The fourth-order valence-corrected chi connectivity index (χ4v) is 5.05. The Kier molecular flexibility index (Phi) is 7.77. The first-order chi connectivity index (χ1) is 13.6. The fourth-order valence-electron chi connectivity index (χ4n) is 3.43. The summed E-state index contributed by atoms with van der Waals surface area (Å²) < 4.78 is 13.5. The van der Waals surface area contributed by atoms with E-state index in [1.807, 2.05) is 35.2 Å². The van der Waals surface area contributed by atoms with Crippen molar-refractivity contribution in [1.29, 1.82) is 0 Å². The van der Waals surface area contributed by atoms with Crippen LogP contribution in [0.5, 0.6) is 0 Å². The molecule has 0 bridgehead atoms. The van der Waals surface area contributed by atoms with E-state index in [0.29, 0.717) is 18.1 Å². The Labute approximate surface area is 175 Å². The van der Waals surface area contributed by atoms with Gasteiger partial charge in [0.05, 0.1) is 6.54 Å². The van der Waals surface area contributed by atoms with Gasteiger partial charge in [0.25, 0.3) is 0 Å². The van der Waals surface area contributed by atoms with Gasteiger partial charge >= 0.3 is 0 Å². The van der Waals surface area contributed by atoms with Crippen molar-refractivity contribution in [3.8, 4) is 0 Å². The number of carbonyl (C=O) groups is 1. The smallest absolute Gasteiger partial charge is 0.237 e. The Morgan fingerprint density at radius 1 is 1.29 bits per heavy atom. The van der Waals surface area contributed by atoms with Crippen molar-refractivity contribution in [3.05, 3.63) is 70.5 Å². The monoisotopic (exact) mass is 420 g/mol. The highest BCUT2D eigenvalue weighted by Crippen LogP contribution is 2.40. The van der Waals surface area contributed by atoms with Crippen LogP contribution in [0.15, 0.2) is 48.5 Å². The van der Waals surface area contributed by atoms with Gasteiger partial charge < -0.3 is 4.90 Å². The summed E-state index contributed by atoms with van der Waals surface area (Å²) in [7, 11) is 0. The quantitative estimate of drug-likeness (QED) is 0.574. The first kappa shape index (κ1) is 21.2. The van der Waals surface area contributed by atoms with Gasteiger partial charge in [0, 0.05) is 29.4 Å². The van der Waals surface area contributed by atoms with Gasteiger partial charge in [-0.05, 0) is 36.7 Å². The normalized spacial score (nSPS) is 16.7. The number of unbranched alkanes of at least 4 members (excludes halogenated alkanes) is 1. The molecule has 0 radical (unpaired) electrons. The number of hydrogen-bond acceptors (Lipinski definition) is 3. The largest absolute Gasteiger partial charge is 0.325 e. The zero-order valence-corrected chi connectivity index (χ0v) is 17.7. The molecule has 28 heavy (non-hydrogen) atoms. The van der Waals surface area contributed by atoms with Crippen molar-refractivity contribution >= 4 is 29.3 Å². The highest BCUT2D eigenvalue weighted by molar-refractivity contribution is 7.99. The fraction of sp³-hybridized carbons (Fsp3) is 0.409. The topological polar surface area (TPSA) is 23.6 Å². The van der Waals surface area contributed by atoms with Crippen molar-refractivity contribution in [2.45, 2.75) is 31.7 Å². The molecule has 0 aromatic heterocycles. The van der Waals surface area contributed by atoms with Crippen LogP contribution in [0.25, 0.3) is 0 Å². The number of amides is 1. The lowest BCUT2D eigenvalue weighted by Gasteiger charge is -2.29. The highest BCUT2D eigenvalue weighted by Gasteiger charge is 2.32. The summed E-state index contributed by atoms with van der Waals surface area (Å²) in [5.41, 5.74) is 1.88. The van der Waals surface area contributed by atoms with E-state index in [1.165, 1.54) is 6.07 Å². The Bertz CT molecular complexity index is 804. The lowest BCUT2D eigenvalue weighted by molar-refractivity contribution is -0.132. The maximum absolute atomic E-state index is 13.5. The second-order valence-electron chi connectivity index (χ2n) is 7.03. The van der Waals surface area contributed by atoms with E-state index in [1.54, 1.807) is 23.9 Å². The predicted octanol–water partition coefficient (Wildman–Crippen LogP) is 5.36. The van der Waals surface area contributed by atoms with E-state index in [4.69, 9.17) is 11.6 Å². The lowest BCUT2D eigenvalue weighted by Crippen LogP contribution is -2.40. The molecule has 6 heteroatoms. The van der Waals surface area contributed by atoms with E-state index in [0.717, 1.165) is 42.8 Å². The van der Waals surface area contributed by atoms with Crippen LogP contribution >= 0.6 is 23.4 Å². The first-order valence-electron chi connectivity index (χ1n) is 9.70. The van der Waals surface area contributed by atoms with Crippen LogP contribution in [-0.4, -0.2) is 41.1 Å². The van der Waals surface area contributed by atoms with Gasteiger partial charge in [0.1, 0.15) is 11.2 Å². The Balaban J connectivity index is 1.70. The second-order valence-corrected chi connectivity index (χ2v) is 8.62. The summed E-state index contributed by atoms with van der Waals surface area (Å²) in [6, 6.07) is 14.3. The lowest BCUT2D eigenvalue weighted by atomic mass is 10.2. The molecule has 0 spiro atoms. The molecule has 3 nitrogen and oxygen atoms in total. The maximum atomic E-state index is 13.5. The van der Waals surface area contributed by atoms with E-state index in [-0.39, 0.29) is 17.1 Å². The minimum atomic E-state index is -0.242. The van der Waals surface area contributed by atoms with Gasteiger partial charge in [-0.15, -0.1) is 11.8 Å². The van der Waals surface area contributed by atoms with Crippen LogP contribution in [0, 0.1) is 5.82 Å². The summed E-state index contributed by atoms with van der Waals surface area (Å²) in [5, 5.41) is 0.658. The van der Waals surface area contributed by atoms with Crippen LogP contribution in [-0.2, 0) is 11.3 Å². The molecule has 1 unspecified atom stereocenters. The molecular weight excluding hydrogens is 395 g/mol. The van der Waals surface area contributed by atoms with Crippen LogP contribution in [0.3, 0.4) is 0 Å². The molecule has 3 rings (SSSR count). The molecule has 1 saturated heterocycles. The highest BCUT2D eigenvalue weighted by atomic mass is 35.5. The van der Waals surface area contributed by atoms with E-state index >= 15 is 0 Å². The third-order valence-corrected chi connectivity index (χ3v) is 6.45. The minimum Gasteiger partial charge on any atom is -0.325 e. The van der Waals surface area contributed by atoms with Crippen molar-refractivity contribution in [2.75, 3.05) is 25.4 Å². The number of hydrogen-bond donors (Lipinski definition) is 0. The second kappa shape index (κ2) is 10.3. The molecule has 2 aromatic carbocycles. The molecule has 1 amide bonds. The summed E-state index contributed by atoms with van der Waals surface area (Å²) in [5.74, 6) is 0.761. The molecule has 1 fully saturated rings. The Hall–Kier alpha value is -1.56. The number of halogens is 2. The molecule has 1 atom stereocenters. The van der Waals surface area contributed by atoms with Gasteiger partial charge in [0.2, 0.25) is 5.91 Å². The average molecular weight is 421 g/mol. The molecule has 150 valence electrons. The van der Waals surface area contributed by atoms with Crippen molar-refractivity contribution < 1.29 is 9.18 Å². The summed E-state index contributed by atoms with van der Waals surface area (Å²) in [4.78, 5) is 17.2. The molecule has 0 N–H and O–H groups in total. The summed E-state index contributed by atoms with van der Waals surface area (Å²) >= 11 is 8.12. The van der Waals surface area contributed by atoms with Crippen LogP contribution < -0.4 is 0 Å². The minimum absolute atomic E-state index is 0.0385. The number of rotatable bonds is 8. The standard InChI is InChI=1S/C22H26ClFN2OS/c1-2-3-11-25(15-17-7-6-8-18(24)14-17)16-21(27)26-12-13-28-22(26)19-9-4-5-10-20(19)23/h4-10,14,22H,2-3,11-13,15-16H2,1H3. The van der Waals surface area contributed by atoms with Crippen molar-refractivity contribution in [2.24, 2.45) is 0 Å². The van der Waals surface area contributed by atoms with Gasteiger partial charge in [-0.1, -0.05) is 55.3 Å². The van der Waals surface area contributed by atoms with Crippen molar-refractivity contribution in [1.82, 2.24) is 9.80 Å². The van der Waals surface area contributed by atoms with E-state index in [9.17, 15) is 9.18 Å². The van der Waals surface area contributed by atoms with E-state index in [2.05, 4.69) is 11.8 Å². The summed E-state index contributed by atoms with van der Waals surface area (Å²) in [6.07, 6.45) is 2.06. The van der Waals surface area contributed by atoms with Crippen LogP contribution in [0.1, 0.15) is 36.3 Å². The predicted molar refractivity (Wildman–Crippen MR) is 115 cm³/mol. The zero-order valence-electron chi connectivity index (χ0n) is 16.1. The molecule has 1 aliphatic rings. The zero-order chi connectivity index (χ0) is 19.9. The van der Waals surface area contributed by atoms with Gasteiger partial charge in [-0.3, -0.25) is 9.69 Å². The third kappa shape index (κ3) is 5.49. The maximum Gasteiger partial charge on any atom is 0.237 e. The van der Waals surface area contributed by atoms with Crippen LogP contribution in [0.4, 0.5) is 4.39 Å². The van der Waals surface area contributed by atoms with Gasteiger partial charge in [-0.25, -0.2) is 4.39 Å². The molecule has 1 heterocycles. The van der Waals surface area contributed by atoms with Gasteiger partial charge in [0.15, 0.2) is 0 Å². The SMILES string of the molecule is CCCCN(CC(=O)N1CCSC1c1ccccc1Cl)Cc1cccc(F)c1. The Morgan fingerprint density at radius 3 is 2.86 bits per heavy atom. The molecule has 2 aromatic rings. The molecular formula is C22H26ClFN2OS. The molecule has 0 aliphatic carbocycles. The van der Waals surface area contributed by atoms with Gasteiger partial charge in [-0.2, -0.15) is 0 Å². The number of thioether (sulfide) groups is 1. The number of carbonyl (C=O) groups excluding carboxylic acids is 1. The third-order valence-electron chi connectivity index (χ3n) is 4.86. The Morgan fingerprint density at radius 2 is 2.11 bits per heavy atom. The first-order valence-corrected chi connectivity index (χ1v) is 11.1. The summed E-state index contributed by atoms with van der Waals surface area (Å²) in [6.45, 7) is 4.57. The molecule has 1 aliphatic heterocycles. The number of benzene rings is 2. The van der Waals surface area contributed by atoms with Crippen LogP contribution in [0.2, 0.25) is 5.02 Å². The van der Waals surface area contributed by atoms with E-state index < -0.39 is 0 Å². The number of nitrogens with zero attached hydrogens (tertiary/aromatic N) is 2.